The van der Waals surface area contributed by atoms with Gasteiger partial charge in [0.25, 0.3) is 0 Å². The van der Waals surface area contributed by atoms with E-state index in [2.05, 4.69) is 16.8 Å². The molecule has 138 valence electrons. The van der Waals surface area contributed by atoms with Crippen LogP contribution in [0.2, 0.25) is 0 Å². The Kier molecular flexibility index (Phi) is 6.24. The number of rotatable bonds is 6. The summed E-state index contributed by atoms with van der Waals surface area (Å²) in [7, 11) is 0. The first-order valence-corrected chi connectivity index (χ1v) is 9.66. The van der Waals surface area contributed by atoms with Crippen molar-refractivity contribution in [2.24, 2.45) is 0 Å². The summed E-state index contributed by atoms with van der Waals surface area (Å²) in [6, 6.07) is 0. The van der Waals surface area contributed by atoms with E-state index in [0.717, 1.165) is 75.0 Å². The van der Waals surface area contributed by atoms with Gasteiger partial charge in [-0.3, -0.25) is 4.79 Å². The molecule has 0 bridgehead atoms. The zero-order chi connectivity index (χ0) is 17.6. The van der Waals surface area contributed by atoms with Gasteiger partial charge in [-0.25, -0.2) is 9.97 Å². The quantitative estimate of drug-likeness (QED) is 0.741. The first-order valence-electron chi connectivity index (χ1n) is 9.66. The largest absolute Gasteiger partial charge is 0.378 e. The van der Waals surface area contributed by atoms with Crippen LogP contribution in [0.1, 0.15) is 56.1 Å². The number of aryl methyl sites for hydroxylation is 1. The van der Waals surface area contributed by atoms with Gasteiger partial charge in [-0.05, 0) is 13.3 Å². The molecule has 0 aliphatic carbocycles. The SMILES string of the molecule is CCCCCCC(=O)N1CCc2nc(C)nc(N3CCOCC3)c2C1. The third kappa shape index (κ3) is 4.48. The molecule has 0 atom stereocenters. The summed E-state index contributed by atoms with van der Waals surface area (Å²) in [6.45, 7) is 8.75. The highest BCUT2D eigenvalue weighted by molar-refractivity contribution is 5.76. The maximum Gasteiger partial charge on any atom is 0.222 e. The van der Waals surface area contributed by atoms with Gasteiger partial charge in [0.05, 0.1) is 25.5 Å². The second-order valence-electron chi connectivity index (χ2n) is 7.00. The lowest BCUT2D eigenvalue weighted by molar-refractivity contribution is -0.132. The number of fused-ring (bicyclic) bond motifs is 1. The molecular formula is C19H30N4O2. The second kappa shape index (κ2) is 8.61. The summed E-state index contributed by atoms with van der Waals surface area (Å²) in [4.78, 5) is 26.2. The van der Waals surface area contributed by atoms with Gasteiger partial charge >= 0.3 is 0 Å². The summed E-state index contributed by atoms with van der Waals surface area (Å²) in [6.07, 6.45) is 6.05. The first-order chi connectivity index (χ1) is 12.2. The molecule has 2 aliphatic rings. The molecule has 0 N–H and O–H groups in total. The smallest absolute Gasteiger partial charge is 0.222 e. The normalized spacial score (nSPS) is 17.5. The van der Waals surface area contributed by atoms with Crippen LogP contribution < -0.4 is 4.90 Å². The number of ether oxygens (including phenoxy) is 1. The predicted molar refractivity (Wildman–Crippen MR) is 97.7 cm³/mol. The van der Waals surface area contributed by atoms with Crippen molar-refractivity contribution in [3.05, 3.63) is 17.1 Å². The van der Waals surface area contributed by atoms with E-state index in [4.69, 9.17) is 9.72 Å². The molecule has 3 heterocycles. The highest BCUT2D eigenvalue weighted by Gasteiger charge is 2.27. The maximum atomic E-state index is 12.6. The molecule has 0 unspecified atom stereocenters. The van der Waals surface area contributed by atoms with Crippen LogP contribution in [0.25, 0.3) is 0 Å². The van der Waals surface area contributed by atoms with Crippen molar-refractivity contribution in [3.63, 3.8) is 0 Å². The highest BCUT2D eigenvalue weighted by Crippen LogP contribution is 2.27. The van der Waals surface area contributed by atoms with Crippen LogP contribution in [0.4, 0.5) is 5.82 Å². The Labute approximate surface area is 150 Å². The summed E-state index contributed by atoms with van der Waals surface area (Å²) in [5.41, 5.74) is 2.25. The monoisotopic (exact) mass is 346 g/mol. The van der Waals surface area contributed by atoms with Gasteiger partial charge in [-0.1, -0.05) is 26.2 Å². The molecule has 6 heteroatoms. The molecule has 2 aliphatic heterocycles. The number of hydrogen-bond acceptors (Lipinski definition) is 5. The molecule has 0 saturated carbocycles. The van der Waals surface area contributed by atoms with Crippen molar-refractivity contribution in [1.29, 1.82) is 0 Å². The maximum absolute atomic E-state index is 12.6. The van der Waals surface area contributed by atoms with Crippen LogP contribution in [-0.4, -0.2) is 53.6 Å². The third-order valence-corrected chi connectivity index (χ3v) is 5.06. The Morgan fingerprint density at radius 2 is 1.92 bits per heavy atom. The third-order valence-electron chi connectivity index (χ3n) is 5.06. The van der Waals surface area contributed by atoms with Gasteiger partial charge in [0.2, 0.25) is 5.91 Å². The van der Waals surface area contributed by atoms with Gasteiger partial charge in [0, 0.05) is 38.0 Å². The van der Waals surface area contributed by atoms with E-state index in [-0.39, 0.29) is 5.91 Å². The molecule has 0 radical (unpaired) electrons. The van der Waals surface area contributed by atoms with Crippen LogP contribution in [0, 0.1) is 6.92 Å². The minimum absolute atomic E-state index is 0.273. The fraction of sp³-hybridized carbons (Fsp3) is 0.737. The van der Waals surface area contributed by atoms with Crippen molar-refractivity contribution in [1.82, 2.24) is 14.9 Å². The second-order valence-corrected chi connectivity index (χ2v) is 7.00. The van der Waals surface area contributed by atoms with Crippen LogP contribution in [-0.2, 0) is 22.5 Å². The van der Waals surface area contributed by atoms with Gasteiger partial charge in [-0.2, -0.15) is 0 Å². The fourth-order valence-electron chi connectivity index (χ4n) is 3.63. The topological polar surface area (TPSA) is 58.6 Å². The van der Waals surface area contributed by atoms with Gasteiger partial charge in [0.1, 0.15) is 11.6 Å². The fourth-order valence-corrected chi connectivity index (χ4v) is 3.63. The molecule has 1 fully saturated rings. The highest BCUT2D eigenvalue weighted by atomic mass is 16.5. The number of carbonyl (C=O) groups excluding carboxylic acids is 1. The summed E-state index contributed by atoms with van der Waals surface area (Å²) < 4.78 is 5.47. The number of nitrogens with zero attached hydrogens (tertiary/aromatic N) is 4. The van der Waals surface area contributed by atoms with Crippen LogP contribution in [0.3, 0.4) is 0 Å². The number of anilines is 1. The van der Waals surface area contributed by atoms with E-state index in [1.54, 1.807) is 0 Å². The molecular weight excluding hydrogens is 316 g/mol. The van der Waals surface area contributed by atoms with Gasteiger partial charge in [-0.15, -0.1) is 0 Å². The minimum Gasteiger partial charge on any atom is -0.378 e. The summed E-state index contributed by atoms with van der Waals surface area (Å²) in [5, 5.41) is 0. The van der Waals surface area contributed by atoms with Gasteiger partial charge in [0.15, 0.2) is 0 Å². The lowest BCUT2D eigenvalue weighted by Crippen LogP contribution is -2.41. The average molecular weight is 346 g/mol. The Bertz CT molecular complexity index is 599. The van der Waals surface area contributed by atoms with Crippen molar-refractivity contribution in [3.8, 4) is 0 Å². The standard InChI is InChI=1S/C19H30N4O2/c1-3-4-5-6-7-18(24)23-9-8-17-16(14-23)19(21-15(2)20-17)22-10-12-25-13-11-22/h3-14H2,1-2H3. The molecule has 1 saturated heterocycles. The lowest BCUT2D eigenvalue weighted by Gasteiger charge is -2.34. The van der Waals surface area contributed by atoms with Crippen molar-refractivity contribution >= 4 is 11.7 Å². The van der Waals surface area contributed by atoms with Crippen molar-refractivity contribution in [2.45, 2.75) is 58.9 Å². The van der Waals surface area contributed by atoms with Gasteiger partial charge < -0.3 is 14.5 Å². The lowest BCUT2D eigenvalue weighted by atomic mass is 10.0. The average Bonchev–Trinajstić information content (AvgIpc) is 2.64. The van der Waals surface area contributed by atoms with Crippen LogP contribution >= 0.6 is 0 Å². The number of hydrogen-bond donors (Lipinski definition) is 0. The molecule has 3 rings (SSSR count). The molecule has 25 heavy (non-hydrogen) atoms. The zero-order valence-corrected chi connectivity index (χ0v) is 15.6. The Morgan fingerprint density at radius 1 is 1.12 bits per heavy atom. The molecule has 6 nitrogen and oxygen atoms in total. The number of carbonyl (C=O) groups is 1. The molecule has 1 aromatic heterocycles. The van der Waals surface area contributed by atoms with E-state index < -0.39 is 0 Å². The summed E-state index contributed by atoms with van der Waals surface area (Å²) >= 11 is 0. The summed E-state index contributed by atoms with van der Waals surface area (Å²) in [5.74, 6) is 2.10. The van der Waals surface area contributed by atoms with Crippen molar-refractivity contribution in [2.75, 3.05) is 37.7 Å². The Hall–Kier alpha value is -1.69. The van der Waals surface area contributed by atoms with E-state index >= 15 is 0 Å². The van der Waals surface area contributed by atoms with E-state index in [9.17, 15) is 4.79 Å². The van der Waals surface area contributed by atoms with Crippen LogP contribution in [0.5, 0.6) is 0 Å². The number of amides is 1. The number of aromatic nitrogens is 2. The van der Waals surface area contributed by atoms with E-state index in [1.165, 1.54) is 12.8 Å². The first kappa shape index (κ1) is 18.1. The van der Waals surface area contributed by atoms with E-state index in [1.807, 2.05) is 11.8 Å². The predicted octanol–water partition coefficient (Wildman–Crippen LogP) is 2.48. The molecule has 0 spiro atoms. The molecule has 0 aromatic carbocycles. The Morgan fingerprint density at radius 3 is 2.68 bits per heavy atom. The molecule has 1 aromatic rings. The number of morpholine rings is 1. The molecule has 1 amide bonds. The zero-order valence-electron chi connectivity index (χ0n) is 15.6. The van der Waals surface area contributed by atoms with Crippen LogP contribution in [0.15, 0.2) is 0 Å². The van der Waals surface area contributed by atoms with Crippen molar-refractivity contribution < 1.29 is 9.53 Å². The minimum atomic E-state index is 0.273. The number of unbranched alkanes of at least 4 members (excludes halogenated alkanes) is 3. The Balaban J connectivity index is 1.71. The van der Waals surface area contributed by atoms with E-state index in [0.29, 0.717) is 13.0 Å².